The third-order valence-electron chi connectivity index (χ3n) is 5.45. The number of benzene rings is 2. The summed E-state index contributed by atoms with van der Waals surface area (Å²) >= 11 is 0. The lowest BCUT2D eigenvalue weighted by molar-refractivity contribution is -0.121. The molecular weight excluding hydrogens is 336 g/mol. The van der Waals surface area contributed by atoms with Crippen LogP contribution in [0.2, 0.25) is 0 Å². The molecule has 1 saturated heterocycles. The molecule has 0 radical (unpaired) electrons. The van der Waals surface area contributed by atoms with Crippen LogP contribution < -0.4 is 10.6 Å². The molecule has 2 aromatic carbocycles. The summed E-state index contributed by atoms with van der Waals surface area (Å²) in [6.45, 7) is 2.15. The number of H-pyrrole nitrogens is 1. The Morgan fingerprint density at radius 1 is 1.11 bits per heavy atom. The van der Waals surface area contributed by atoms with E-state index in [-0.39, 0.29) is 11.9 Å². The van der Waals surface area contributed by atoms with Gasteiger partial charge in [0.25, 0.3) is 0 Å². The molecule has 27 heavy (non-hydrogen) atoms. The maximum atomic E-state index is 12.7. The molecule has 5 heteroatoms. The topological polar surface area (TPSA) is 69.8 Å². The summed E-state index contributed by atoms with van der Waals surface area (Å²) in [6.07, 6.45) is 5.59. The van der Waals surface area contributed by atoms with E-state index in [9.17, 15) is 4.79 Å². The van der Waals surface area contributed by atoms with Crippen LogP contribution in [0.15, 0.2) is 54.9 Å². The lowest BCUT2D eigenvalue weighted by Crippen LogP contribution is -2.31. The molecule has 1 aliphatic heterocycles. The van der Waals surface area contributed by atoms with Gasteiger partial charge in [-0.3, -0.25) is 4.79 Å². The van der Waals surface area contributed by atoms with Crippen LogP contribution in [0.4, 0.5) is 0 Å². The molecule has 3 aromatic rings. The first-order chi connectivity index (χ1) is 13.3. The third kappa shape index (κ3) is 4.37. The number of amides is 1. The number of fused-ring (bicyclic) bond motifs is 1. The van der Waals surface area contributed by atoms with Crippen molar-refractivity contribution in [1.82, 2.24) is 20.6 Å². The molecule has 5 nitrogen and oxygen atoms in total. The van der Waals surface area contributed by atoms with E-state index in [1.165, 1.54) is 12.8 Å². The quantitative estimate of drug-likeness (QED) is 0.628. The number of imidazole rings is 1. The second-order valence-corrected chi connectivity index (χ2v) is 7.32. The monoisotopic (exact) mass is 362 g/mol. The molecule has 1 unspecified atom stereocenters. The highest BCUT2D eigenvalue weighted by molar-refractivity contribution is 5.78. The van der Waals surface area contributed by atoms with Crippen molar-refractivity contribution in [3.63, 3.8) is 0 Å². The lowest BCUT2D eigenvalue weighted by atomic mass is 9.92. The minimum absolute atomic E-state index is 0.118. The van der Waals surface area contributed by atoms with Crippen LogP contribution in [0.25, 0.3) is 11.0 Å². The fourth-order valence-electron chi connectivity index (χ4n) is 3.88. The number of rotatable bonds is 6. The smallest absolute Gasteiger partial charge is 0.220 e. The summed E-state index contributed by atoms with van der Waals surface area (Å²) in [5.74, 6) is 0.778. The van der Waals surface area contributed by atoms with E-state index in [4.69, 9.17) is 0 Å². The highest BCUT2D eigenvalue weighted by atomic mass is 16.1. The lowest BCUT2D eigenvalue weighted by Gasteiger charge is -2.23. The zero-order chi connectivity index (χ0) is 18.5. The van der Waals surface area contributed by atoms with Crippen LogP contribution in [0.1, 0.15) is 42.9 Å². The van der Waals surface area contributed by atoms with Gasteiger partial charge in [-0.1, -0.05) is 36.4 Å². The number of nitrogens with zero attached hydrogens (tertiary/aromatic N) is 1. The van der Waals surface area contributed by atoms with Gasteiger partial charge in [0.15, 0.2) is 0 Å². The third-order valence-corrected chi connectivity index (χ3v) is 5.45. The van der Waals surface area contributed by atoms with Crippen LogP contribution in [0, 0.1) is 5.92 Å². The second kappa shape index (κ2) is 8.35. The predicted octanol–water partition coefficient (Wildman–Crippen LogP) is 3.55. The Kier molecular flexibility index (Phi) is 5.49. The molecule has 1 amide bonds. The van der Waals surface area contributed by atoms with Crippen molar-refractivity contribution in [2.75, 3.05) is 13.1 Å². The van der Waals surface area contributed by atoms with E-state index in [0.717, 1.165) is 41.7 Å². The van der Waals surface area contributed by atoms with Crippen LogP contribution in [-0.2, 0) is 4.79 Å². The normalized spacial score (nSPS) is 16.3. The molecule has 3 N–H and O–H groups in total. The molecule has 1 atom stereocenters. The van der Waals surface area contributed by atoms with Gasteiger partial charge in [-0.2, -0.15) is 0 Å². The maximum absolute atomic E-state index is 12.7. The number of aromatic amines is 1. The maximum Gasteiger partial charge on any atom is 0.220 e. The van der Waals surface area contributed by atoms with Crippen LogP contribution in [0.3, 0.4) is 0 Å². The van der Waals surface area contributed by atoms with Gasteiger partial charge in [0, 0.05) is 6.42 Å². The van der Waals surface area contributed by atoms with Gasteiger partial charge in [-0.25, -0.2) is 4.98 Å². The van der Waals surface area contributed by atoms with Gasteiger partial charge in [0.2, 0.25) is 5.91 Å². The van der Waals surface area contributed by atoms with Crippen molar-refractivity contribution in [3.05, 3.63) is 66.0 Å². The van der Waals surface area contributed by atoms with Crippen molar-refractivity contribution < 1.29 is 4.79 Å². The van der Waals surface area contributed by atoms with E-state index in [0.29, 0.717) is 12.3 Å². The first kappa shape index (κ1) is 17.7. The number of nitrogens with one attached hydrogen (secondary N) is 3. The molecule has 1 aromatic heterocycles. The fourth-order valence-corrected chi connectivity index (χ4v) is 3.88. The molecular formula is C22H26N4O. The summed E-state index contributed by atoms with van der Waals surface area (Å²) < 4.78 is 0. The summed E-state index contributed by atoms with van der Waals surface area (Å²) in [6, 6.07) is 16.1. The average molecular weight is 362 g/mol. The summed E-state index contributed by atoms with van der Waals surface area (Å²) in [4.78, 5) is 20.2. The van der Waals surface area contributed by atoms with Crippen LogP contribution in [-0.4, -0.2) is 29.0 Å². The summed E-state index contributed by atoms with van der Waals surface area (Å²) in [7, 11) is 0. The molecule has 0 saturated carbocycles. The van der Waals surface area contributed by atoms with Gasteiger partial charge in [-0.05, 0) is 61.5 Å². The molecule has 0 bridgehead atoms. The van der Waals surface area contributed by atoms with E-state index in [1.807, 2.05) is 30.3 Å². The Bertz CT molecular complexity index is 883. The number of carbonyl (C=O) groups excluding carboxylic acids is 1. The Balaban J connectivity index is 1.50. The number of aromatic nitrogens is 2. The largest absolute Gasteiger partial charge is 0.345 e. The average Bonchev–Trinajstić information content (AvgIpc) is 3.20. The van der Waals surface area contributed by atoms with Gasteiger partial charge < -0.3 is 15.6 Å². The minimum atomic E-state index is -0.153. The SMILES string of the molecule is O=C(CCC1CCNCC1)NC(c1ccccc1)c1ccc2nc[nH]c2c1. The second-order valence-electron chi connectivity index (χ2n) is 7.32. The molecule has 4 rings (SSSR count). The van der Waals surface area contributed by atoms with E-state index in [2.05, 4.69) is 38.8 Å². The molecule has 140 valence electrons. The van der Waals surface area contributed by atoms with Crippen molar-refractivity contribution in [3.8, 4) is 0 Å². The minimum Gasteiger partial charge on any atom is -0.345 e. The highest BCUT2D eigenvalue weighted by Crippen LogP contribution is 2.25. The van der Waals surface area contributed by atoms with Crippen molar-refractivity contribution in [1.29, 1.82) is 0 Å². The number of hydrogen-bond donors (Lipinski definition) is 3. The summed E-state index contributed by atoms with van der Waals surface area (Å²) in [5, 5.41) is 6.64. The van der Waals surface area contributed by atoms with E-state index in [1.54, 1.807) is 6.33 Å². The van der Waals surface area contributed by atoms with Gasteiger partial charge in [0.05, 0.1) is 23.4 Å². The molecule has 0 spiro atoms. The van der Waals surface area contributed by atoms with E-state index >= 15 is 0 Å². The Morgan fingerprint density at radius 3 is 2.74 bits per heavy atom. The highest BCUT2D eigenvalue weighted by Gasteiger charge is 2.19. The number of carbonyl (C=O) groups is 1. The summed E-state index contributed by atoms with van der Waals surface area (Å²) in [5.41, 5.74) is 4.07. The van der Waals surface area contributed by atoms with Gasteiger partial charge in [-0.15, -0.1) is 0 Å². The number of hydrogen-bond acceptors (Lipinski definition) is 3. The van der Waals surface area contributed by atoms with Gasteiger partial charge >= 0.3 is 0 Å². The van der Waals surface area contributed by atoms with Crippen molar-refractivity contribution in [2.45, 2.75) is 31.7 Å². The fraction of sp³-hybridized carbons (Fsp3) is 0.364. The van der Waals surface area contributed by atoms with E-state index < -0.39 is 0 Å². The zero-order valence-electron chi connectivity index (χ0n) is 15.4. The molecule has 0 aliphatic carbocycles. The predicted molar refractivity (Wildman–Crippen MR) is 107 cm³/mol. The van der Waals surface area contributed by atoms with Crippen molar-refractivity contribution in [2.24, 2.45) is 5.92 Å². The first-order valence-electron chi connectivity index (χ1n) is 9.77. The molecule has 1 aliphatic rings. The zero-order valence-corrected chi connectivity index (χ0v) is 15.4. The van der Waals surface area contributed by atoms with Crippen molar-refractivity contribution >= 4 is 16.9 Å². The van der Waals surface area contributed by atoms with Crippen LogP contribution >= 0.6 is 0 Å². The van der Waals surface area contributed by atoms with Crippen LogP contribution in [0.5, 0.6) is 0 Å². The Labute approximate surface area is 159 Å². The Hall–Kier alpha value is -2.66. The number of piperidine rings is 1. The molecule has 2 heterocycles. The molecule has 1 fully saturated rings. The Morgan fingerprint density at radius 2 is 1.93 bits per heavy atom. The first-order valence-corrected chi connectivity index (χ1v) is 9.77. The van der Waals surface area contributed by atoms with Gasteiger partial charge in [0.1, 0.15) is 0 Å². The standard InChI is InChI=1S/C22H26N4O/c27-21(9-6-16-10-12-23-13-11-16)26-22(17-4-2-1-3-5-17)18-7-8-19-20(14-18)25-15-24-19/h1-5,7-8,14-16,22-23H,6,9-13H2,(H,24,25)(H,26,27).